The van der Waals surface area contributed by atoms with E-state index in [0.717, 1.165) is 5.56 Å². The van der Waals surface area contributed by atoms with E-state index in [4.69, 9.17) is 4.74 Å². The summed E-state index contributed by atoms with van der Waals surface area (Å²) in [6.45, 7) is 0.520. The first kappa shape index (κ1) is 9.15. The van der Waals surface area contributed by atoms with Gasteiger partial charge in [-0.25, -0.2) is 4.39 Å². The molecular weight excluding hydrogens is 185 g/mol. The molecule has 1 aromatic rings. The van der Waals surface area contributed by atoms with Crippen LogP contribution in [0.4, 0.5) is 4.39 Å². The number of hydrogen-bond donors (Lipinski definition) is 1. The number of morpholine rings is 1. The Labute approximate surface area is 80.9 Å². The van der Waals surface area contributed by atoms with Gasteiger partial charge in [0.15, 0.2) is 0 Å². The predicted octanol–water partition coefficient (Wildman–Crippen LogP) is 1.01. The van der Waals surface area contributed by atoms with Gasteiger partial charge < -0.3 is 10.1 Å². The highest BCUT2D eigenvalue weighted by molar-refractivity contribution is 5.77. The summed E-state index contributed by atoms with van der Waals surface area (Å²) in [4.78, 5) is 10.8. The number of nitrogens with one attached hydrogen (secondary N) is 1. The fourth-order valence-electron chi connectivity index (χ4n) is 1.38. The number of ether oxygens (including phenoxy) is 1. The van der Waals surface area contributed by atoms with E-state index < -0.39 is 0 Å². The van der Waals surface area contributed by atoms with Crippen LogP contribution in [0.25, 0.3) is 0 Å². The number of benzene rings is 1. The van der Waals surface area contributed by atoms with E-state index in [1.54, 1.807) is 12.1 Å². The predicted molar refractivity (Wildman–Crippen MR) is 48.1 cm³/mol. The van der Waals surface area contributed by atoms with Crippen LogP contribution >= 0.6 is 0 Å². The molecule has 1 atom stereocenters. The molecule has 1 N–H and O–H groups in total. The van der Waals surface area contributed by atoms with Crippen molar-refractivity contribution in [2.45, 2.75) is 6.10 Å². The smallest absolute Gasteiger partial charge is 0.246 e. The van der Waals surface area contributed by atoms with Gasteiger partial charge in [-0.1, -0.05) is 12.1 Å². The minimum Gasteiger partial charge on any atom is -0.362 e. The van der Waals surface area contributed by atoms with Crippen LogP contribution in [-0.4, -0.2) is 19.1 Å². The Bertz CT molecular complexity index is 326. The summed E-state index contributed by atoms with van der Waals surface area (Å²) in [5, 5.41) is 2.69. The molecule has 3 nitrogen and oxygen atoms in total. The second-order valence-electron chi connectivity index (χ2n) is 3.16. The Morgan fingerprint density at radius 2 is 2.07 bits per heavy atom. The number of rotatable bonds is 1. The standard InChI is InChI=1S/C10H10FNO2/c11-8-3-1-7(2-4-8)9-5-12-10(13)6-14-9/h1-4,9H,5-6H2,(H,12,13)/t9-/m1/s1. The van der Waals surface area contributed by atoms with E-state index in [2.05, 4.69) is 5.32 Å². The zero-order chi connectivity index (χ0) is 9.97. The van der Waals surface area contributed by atoms with E-state index >= 15 is 0 Å². The van der Waals surface area contributed by atoms with Crippen molar-refractivity contribution in [2.75, 3.05) is 13.2 Å². The summed E-state index contributed by atoms with van der Waals surface area (Å²) in [7, 11) is 0. The lowest BCUT2D eigenvalue weighted by Gasteiger charge is -2.23. The second kappa shape index (κ2) is 3.75. The number of carbonyl (C=O) groups is 1. The SMILES string of the molecule is O=C1CO[C@@H](c2ccc(F)cc2)CN1. The minimum atomic E-state index is -0.270. The molecule has 0 aliphatic carbocycles. The molecule has 4 heteroatoms. The number of hydrogen-bond acceptors (Lipinski definition) is 2. The van der Waals surface area contributed by atoms with Gasteiger partial charge in [0.25, 0.3) is 0 Å². The highest BCUT2D eigenvalue weighted by Gasteiger charge is 2.19. The van der Waals surface area contributed by atoms with Crippen LogP contribution in [0.1, 0.15) is 11.7 Å². The van der Waals surface area contributed by atoms with Crippen molar-refractivity contribution in [1.29, 1.82) is 0 Å². The lowest BCUT2D eigenvalue weighted by molar-refractivity contribution is -0.133. The first-order chi connectivity index (χ1) is 6.75. The number of amides is 1. The van der Waals surface area contributed by atoms with Crippen LogP contribution in [0.2, 0.25) is 0 Å². The summed E-state index contributed by atoms with van der Waals surface area (Å²) in [5.74, 6) is -0.378. The van der Waals surface area contributed by atoms with Crippen molar-refractivity contribution in [2.24, 2.45) is 0 Å². The van der Waals surface area contributed by atoms with Crippen LogP contribution in [0.15, 0.2) is 24.3 Å². The van der Waals surface area contributed by atoms with E-state index in [-0.39, 0.29) is 24.4 Å². The average molecular weight is 195 g/mol. The van der Waals surface area contributed by atoms with Crippen molar-refractivity contribution < 1.29 is 13.9 Å². The molecule has 1 saturated heterocycles. The first-order valence-corrected chi connectivity index (χ1v) is 4.39. The van der Waals surface area contributed by atoms with Gasteiger partial charge >= 0.3 is 0 Å². The second-order valence-corrected chi connectivity index (χ2v) is 3.16. The zero-order valence-corrected chi connectivity index (χ0v) is 7.50. The molecule has 14 heavy (non-hydrogen) atoms. The Hall–Kier alpha value is -1.42. The van der Waals surface area contributed by atoms with Crippen molar-refractivity contribution in [3.8, 4) is 0 Å². The molecule has 1 aliphatic heterocycles. The van der Waals surface area contributed by atoms with Crippen LogP contribution in [0.3, 0.4) is 0 Å². The van der Waals surface area contributed by atoms with Gasteiger partial charge in [-0.15, -0.1) is 0 Å². The maximum atomic E-state index is 12.6. The topological polar surface area (TPSA) is 38.3 Å². The van der Waals surface area contributed by atoms with E-state index in [1.165, 1.54) is 12.1 Å². The van der Waals surface area contributed by atoms with Gasteiger partial charge in [0.1, 0.15) is 18.5 Å². The monoisotopic (exact) mass is 195 g/mol. The molecule has 2 rings (SSSR count). The van der Waals surface area contributed by atoms with Crippen LogP contribution < -0.4 is 5.32 Å². The molecule has 1 fully saturated rings. The fourth-order valence-corrected chi connectivity index (χ4v) is 1.38. The molecule has 0 bridgehead atoms. The van der Waals surface area contributed by atoms with Gasteiger partial charge in [0, 0.05) is 6.54 Å². The van der Waals surface area contributed by atoms with Crippen molar-refractivity contribution in [3.63, 3.8) is 0 Å². The van der Waals surface area contributed by atoms with E-state index in [0.29, 0.717) is 6.54 Å². The molecule has 0 radical (unpaired) electrons. The molecule has 1 aromatic carbocycles. The van der Waals surface area contributed by atoms with E-state index in [1.807, 2.05) is 0 Å². The highest BCUT2D eigenvalue weighted by atomic mass is 19.1. The number of carbonyl (C=O) groups excluding carboxylic acids is 1. The summed E-state index contributed by atoms with van der Waals surface area (Å²) in [6.07, 6.45) is -0.159. The third-order valence-corrected chi connectivity index (χ3v) is 2.14. The molecule has 1 amide bonds. The third kappa shape index (κ3) is 1.90. The van der Waals surface area contributed by atoms with Gasteiger partial charge in [0.05, 0.1) is 0 Å². The lowest BCUT2D eigenvalue weighted by atomic mass is 10.1. The zero-order valence-electron chi connectivity index (χ0n) is 7.50. The molecule has 0 unspecified atom stereocenters. The van der Waals surface area contributed by atoms with Crippen molar-refractivity contribution >= 4 is 5.91 Å². The van der Waals surface area contributed by atoms with Gasteiger partial charge in [-0.2, -0.15) is 0 Å². The minimum absolute atomic E-state index is 0.0715. The maximum Gasteiger partial charge on any atom is 0.246 e. The fraction of sp³-hybridized carbons (Fsp3) is 0.300. The van der Waals surface area contributed by atoms with Crippen LogP contribution in [0.5, 0.6) is 0 Å². The molecule has 0 saturated carbocycles. The third-order valence-electron chi connectivity index (χ3n) is 2.14. The van der Waals surface area contributed by atoms with Crippen LogP contribution in [0, 0.1) is 5.82 Å². The Kier molecular flexibility index (Phi) is 2.45. The number of halogens is 1. The largest absolute Gasteiger partial charge is 0.362 e. The molecule has 0 spiro atoms. The molecule has 74 valence electrons. The molecular formula is C10H10FNO2. The van der Waals surface area contributed by atoms with Gasteiger partial charge in [-0.05, 0) is 17.7 Å². The lowest BCUT2D eigenvalue weighted by Crippen LogP contribution is -2.38. The average Bonchev–Trinajstić information content (AvgIpc) is 2.21. The Morgan fingerprint density at radius 1 is 1.36 bits per heavy atom. The van der Waals surface area contributed by atoms with Crippen molar-refractivity contribution in [1.82, 2.24) is 5.32 Å². The molecule has 1 heterocycles. The van der Waals surface area contributed by atoms with Crippen LogP contribution in [-0.2, 0) is 9.53 Å². The summed E-state index contributed by atoms with van der Waals surface area (Å²) < 4.78 is 17.9. The first-order valence-electron chi connectivity index (χ1n) is 4.39. The highest BCUT2D eigenvalue weighted by Crippen LogP contribution is 2.18. The summed E-state index contributed by atoms with van der Waals surface area (Å²) in [5.41, 5.74) is 0.881. The normalized spacial score (nSPS) is 21.8. The maximum absolute atomic E-state index is 12.6. The quantitative estimate of drug-likeness (QED) is 0.726. The summed E-state index contributed by atoms with van der Waals surface area (Å²) in [6, 6.07) is 6.10. The van der Waals surface area contributed by atoms with Gasteiger partial charge in [-0.3, -0.25) is 4.79 Å². The van der Waals surface area contributed by atoms with E-state index in [9.17, 15) is 9.18 Å². The van der Waals surface area contributed by atoms with Crippen molar-refractivity contribution in [3.05, 3.63) is 35.6 Å². The molecule has 0 aromatic heterocycles. The molecule has 1 aliphatic rings. The Morgan fingerprint density at radius 3 is 2.64 bits per heavy atom. The summed E-state index contributed by atoms with van der Waals surface area (Å²) >= 11 is 0. The Balaban J connectivity index is 2.08. The van der Waals surface area contributed by atoms with Gasteiger partial charge in [0.2, 0.25) is 5.91 Å².